The van der Waals surface area contributed by atoms with Gasteiger partial charge in [0, 0.05) is 25.1 Å². The van der Waals surface area contributed by atoms with E-state index in [1.807, 2.05) is 0 Å². The zero-order valence-electron chi connectivity index (χ0n) is 14.5. The van der Waals surface area contributed by atoms with Crippen LogP contribution in [0.15, 0.2) is 0 Å². The summed E-state index contributed by atoms with van der Waals surface area (Å²) < 4.78 is 6.01. The number of anilines is 1. The van der Waals surface area contributed by atoms with E-state index in [0.717, 1.165) is 62.9 Å². The molecule has 4 atom stereocenters. The number of aliphatic hydroxyl groups excluding tert-OH is 3. The number of fused-ring (bicyclic) bond motifs is 1. The summed E-state index contributed by atoms with van der Waals surface area (Å²) >= 11 is 0. The lowest BCUT2D eigenvalue weighted by molar-refractivity contribution is -0.0374. The van der Waals surface area contributed by atoms with Crippen molar-refractivity contribution in [1.29, 1.82) is 0 Å². The van der Waals surface area contributed by atoms with Gasteiger partial charge in [-0.3, -0.25) is 0 Å². The van der Waals surface area contributed by atoms with Gasteiger partial charge in [0.25, 0.3) is 0 Å². The van der Waals surface area contributed by atoms with Crippen LogP contribution in [0.4, 0.5) is 5.95 Å². The molecule has 3 N–H and O–H groups in total. The number of aliphatic hydroxyl groups is 3. The summed E-state index contributed by atoms with van der Waals surface area (Å²) in [6.07, 6.45) is 3.89. The van der Waals surface area contributed by atoms with Crippen molar-refractivity contribution in [2.75, 3.05) is 18.0 Å². The van der Waals surface area contributed by atoms with Crippen LogP contribution in [0.25, 0.3) is 0 Å². The largest absolute Gasteiger partial charge is 0.471 e. The highest BCUT2D eigenvalue weighted by Gasteiger charge is 2.42. The molecule has 0 bridgehead atoms. The van der Waals surface area contributed by atoms with E-state index in [1.54, 1.807) is 0 Å². The van der Waals surface area contributed by atoms with Crippen LogP contribution in [0.3, 0.4) is 0 Å². The molecule has 1 saturated carbocycles. The number of hydrogen-bond donors (Lipinski definition) is 3. The second kappa shape index (κ2) is 7.05. The summed E-state index contributed by atoms with van der Waals surface area (Å²) in [6, 6.07) is 0. The molecule has 0 unspecified atom stereocenters. The van der Waals surface area contributed by atoms with Gasteiger partial charge in [0.2, 0.25) is 11.8 Å². The number of piperidine rings is 1. The third-order valence-electron chi connectivity index (χ3n) is 5.63. The summed E-state index contributed by atoms with van der Waals surface area (Å²) in [5.41, 5.74) is 2.07. The minimum atomic E-state index is -1.16. The first-order valence-corrected chi connectivity index (χ1v) is 9.49. The summed E-state index contributed by atoms with van der Waals surface area (Å²) in [7, 11) is 0. The van der Waals surface area contributed by atoms with Gasteiger partial charge in [-0.2, -0.15) is 4.98 Å². The molecule has 1 aromatic heterocycles. The van der Waals surface area contributed by atoms with Crippen LogP contribution in [-0.2, 0) is 12.8 Å². The van der Waals surface area contributed by atoms with E-state index in [1.165, 1.54) is 6.42 Å². The van der Waals surface area contributed by atoms with E-state index in [2.05, 4.69) is 9.88 Å². The lowest BCUT2D eigenvalue weighted by Gasteiger charge is -2.29. The van der Waals surface area contributed by atoms with Crippen molar-refractivity contribution >= 4 is 5.95 Å². The van der Waals surface area contributed by atoms with Gasteiger partial charge in [-0.25, -0.2) is 4.98 Å². The number of rotatable bonds is 3. The third-order valence-corrected chi connectivity index (χ3v) is 5.63. The van der Waals surface area contributed by atoms with Crippen LogP contribution in [0.2, 0.25) is 0 Å². The number of nitrogens with zero attached hydrogens (tertiary/aromatic N) is 3. The number of ether oxygens (including phenoxy) is 1. The Kier molecular flexibility index (Phi) is 4.80. The Balaban J connectivity index is 1.63. The molecule has 4 rings (SSSR count). The molecule has 0 spiro atoms. The van der Waals surface area contributed by atoms with Crippen LogP contribution in [0, 0.1) is 0 Å². The van der Waals surface area contributed by atoms with Gasteiger partial charge in [0.05, 0.1) is 11.8 Å². The Morgan fingerprint density at radius 2 is 1.64 bits per heavy atom. The van der Waals surface area contributed by atoms with Gasteiger partial charge in [-0.15, -0.1) is 0 Å². The lowest BCUT2D eigenvalue weighted by atomic mass is 9.97. The molecule has 25 heavy (non-hydrogen) atoms. The van der Waals surface area contributed by atoms with Crippen LogP contribution in [-0.4, -0.2) is 62.8 Å². The highest BCUT2D eigenvalue weighted by Crippen LogP contribution is 2.33. The van der Waals surface area contributed by atoms with Crippen LogP contribution in [0.1, 0.15) is 49.8 Å². The molecule has 2 aliphatic carbocycles. The third kappa shape index (κ3) is 3.32. The maximum atomic E-state index is 10.1. The van der Waals surface area contributed by atoms with Gasteiger partial charge in [0.1, 0.15) is 18.3 Å². The minimum absolute atomic E-state index is 0.208. The van der Waals surface area contributed by atoms with Gasteiger partial charge >= 0.3 is 0 Å². The Hall–Kier alpha value is -1.44. The van der Waals surface area contributed by atoms with Crippen LogP contribution in [0.5, 0.6) is 5.88 Å². The zero-order chi connectivity index (χ0) is 17.4. The molecule has 0 aromatic carbocycles. The molecule has 138 valence electrons. The van der Waals surface area contributed by atoms with E-state index in [9.17, 15) is 15.3 Å². The molecule has 1 saturated heterocycles. The fraction of sp³-hybridized carbons (Fsp3) is 0.778. The summed E-state index contributed by atoms with van der Waals surface area (Å²) in [5.74, 6) is 1.24. The van der Waals surface area contributed by atoms with Crippen molar-refractivity contribution in [3.05, 3.63) is 11.3 Å². The molecule has 0 amide bonds. The van der Waals surface area contributed by atoms with Crippen molar-refractivity contribution in [3.8, 4) is 5.88 Å². The maximum Gasteiger partial charge on any atom is 0.228 e. The Morgan fingerprint density at radius 3 is 2.36 bits per heavy atom. The molecular weight excluding hydrogens is 322 g/mol. The lowest BCUT2D eigenvalue weighted by Crippen LogP contribution is -2.35. The predicted octanol–water partition coefficient (Wildman–Crippen LogP) is 0.579. The fourth-order valence-electron chi connectivity index (χ4n) is 4.11. The number of aryl methyl sites for hydroxylation is 1. The Bertz CT molecular complexity index is 621. The second-order valence-electron chi connectivity index (χ2n) is 7.45. The van der Waals surface area contributed by atoms with Gasteiger partial charge in [0.15, 0.2) is 0 Å². The van der Waals surface area contributed by atoms with Gasteiger partial charge in [-0.05, 0) is 44.9 Å². The zero-order valence-corrected chi connectivity index (χ0v) is 14.5. The van der Waals surface area contributed by atoms with Crippen molar-refractivity contribution in [2.45, 2.75) is 75.8 Å². The topological polar surface area (TPSA) is 98.9 Å². The second-order valence-corrected chi connectivity index (χ2v) is 7.45. The van der Waals surface area contributed by atoms with E-state index >= 15 is 0 Å². The number of aromatic nitrogens is 2. The summed E-state index contributed by atoms with van der Waals surface area (Å²) in [4.78, 5) is 11.7. The monoisotopic (exact) mass is 349 g/mol. The van der Waals surface area contributed by atoms with Gasteiger partial charge in [-0.1, -0.05) is 0 Å². The standard InChI is InChI=1S/C18H27N3O4/c22-13-10-14(16(24)15(13)23)25-17-11-6-2-3-7-12(11)19-18(20-17)21-8-4-1-5-9-21/h13-16,22-24H,1-10H2/t13-,14+,15+,16-/m0/s1. The SMILES string of the molecule is O[C@@H]1[C@H](O)[C@@H](O)C[C@H]1Oc1nc(N2CCCCC2)nc2c1CCCC2. The molecule has 2 fully saturated rings. The molecular formula is C18H27N3O4. The predicted molar refractivity (Wildman–Crippen MR) is 91.8 cm³/mol. The smallest absolute Gasteiger partial charge is 0.228 e. The highest BCUT2D eigenvalue weighted by atomic mass is 16.5. The minimum Gasteiger partial charge on any atom is -0.471 e. The van der Waals surface area contributed by atoms with Crippen molar-refractivity contribution in [2.24, 2.45) is 0 Å². The fourth-order valence-corrected chi connectivity index (χ4v) is 4.11. The normalized spacial score (nSPS) is 32.5. The van der Waals surface area contributed by atoms with Crippen molar-refractivity contribution in [3.63, 3.8) is 0 Å². The first-order valence-electron chi connectivity index (χ1n) is 9.49. The maximum absolute atomic E-state index is 10.1. The first-order chi connectivity index (χ1) is 12.1. The highest BCUT2D eigenvalue weighted by molar-refractivity contribution is 5.42. The Morgan fingerprint density at radius 1 is 0.880 bits per heavy atom. The molecule has 7 heteroatoms. The molecule has 0 radical (unpaired) electrons. The molecule has 2 heterocycles. The average molecular weight is 349 g/mol. The van der Waals surface area contributed by atoms with Gasteiger partial charge < -0.3 is 25.0 Å². The average Bonchev–Trinajstić information content (AvgIpc) is 2.89. The van der Waals surface area contributed by atoms with Crippen LogP contribution < -0.4 is 9.64 Å². The van der Waals surface area contributed by atoms with Crippen LogP contribution >= 0.6 is 0 Å². The van der Waals surface area contributed by atoms with E-state index in [4.69, 9.17) is 9.72 Å². The number of hydrogen-bond acceptors (Lipinski definition) is 7. The molecule has 3 aliphatic rings. The summed E-state index contributed by atoms with van der Waals surface area (Å²) in [6.45, 7) is 1.92. The first kappa shape index (κ1) is 17.0. The van der Waals surface area contributed by atoms with E-state index < -0.39 is 24.4 Å². The quantitative estimate of drug-likeness (QED) is 0.734. The molecule has 1 aromatic rings. The van der Waals surface area contributed by atoms with Crippen molar-refractivity contribution in [1.82, 2.24) is 9.97 Å². The summed E-state index contributed by atoms with van der Waals surface area (Å²) in [5, 5.41) is 29.7. The van der Waals surface area contributed by atoms with E-state index in [0.29, 0.717) is 11.8 Å². The van der Waals surface area contributed by atoms with Crippen molar-refractivity contribution < 1.29 is 20.1 Å². The molecule has 1 aliphatic heterocycles. The molecule has 7 nitrogen and oxygen atoms in total. The van der Waals surface area contributed by atoms with E-state index in [-0.39, 0.29) is 6.42 Å². The Labute approximate surface area is 147 Å².